The van der Waals surface area contributed by atoms with Gasteiger partial charge in [0.05, 0.1) is 35.1 Å². The number of amides is 2. The number of aromatic nitrogens is 2. The Labute approximate surface area is 254 Å². The van der Waals surface area contributed by atoms with Crippen LogP contribution in [0.25, 0.3) is 21.6 Å². The summed E-state index contributed by atoms with van der Waals surface area (Å²) in [4.78, 5) is 52.7. The quantitative estimate of drug-likeness (QED) is 0.330. The molecular formula is C32H37N5O5S. The lowest BCUT2D eigenvalue weighted by Crippen LogP contribution is -2.55. The average Bonchev–Trinajstić information content (AvgIpc) is 3.32. The lowest BCUT2D eigenvalue weighted by Gasteiger charge is -2.28. The molecule has 1 saturated heterocycles. The van der Waals surface area contributed by atoms with Crippen molar-refractivity contribution in [3.05, 3.63) is 53.9 Å². The summed E-state index contributed by atoms with van der Waals surface area (Å²) in [7, 11) is 0. The zero-order valence-corrected chi connectivity index (χ0v) is 25.1. The molecule has 5 atom stereocenters. The summed E-state index contributed by atoms with van der Waals surface area (Å²) in [5, 5.41) is 4.95. The molecule has 3 aliphatic rings. The number of fused-ring (bicyclic) bond motifs is 3. The van der Waals surface area contributed by atoms with Crippen LogP contribution >= 0.6 is 11.3 Å². The fourth-order valence-electron chi connectivity index (χ4n) is 6.09. The number of ether oxygens (including phenoxy) is 2. The highest BCUT2D eigenvalue weighted by Crippen LogP contribution is 2.46. The maximum atomic E-state index is 13.9. The number of carbonyl (C=O) groups is 3. The van der Waals surface area contributed by atoms with Gasteiger partial charge in [0, 0.05) is 12.3 Å². The molecule has 0 spiro atoms. The van der Waals surface area contributed by atoms with Gasteiger partial charge in [-0.05, 0) is 56.2 Å². The average molecular weight is 604 g/mol. The summed E-state index contributed by atoms with van der Waals surface area (Å²) >= 11 is 1.53. The predicted molar refractivity (Wildman–Crippen MR) is 163 cm³/mol. The van der Waals surface area contributed by atoms with Crippen molar-refractivity contribution in [1.29, 1.82) is 0 Å². The fourth-order valence-corrected chi connectivity index (χ4v) is 6.79. The molecule has 3 aromatic rings. The van der Waals surface area contributed by atoms with E-state index in [1.807, 2.05) is 47.9 Å². The summed E-state index contributed by atoms with van der Waals surface area (Å²) in [5.41, 5.74) is 7.30. The Morgan fingerprint density at radius 2 is 1.95 bits per heavy atom. The smallest absolute Gasteiger partial charge is 0.332 e. The summed E-state index contributed by atoms with van der Waals surface area (Å²) in [6.07, 6.45) is 8.36. The Balaban J connectivity index is 1.30. The summed E-state index contributed by atoms with van der Waals surface area (Å²) < 4.78 is 11.8. The number of benzene rings is 1. The van der Waals surface area contributed by atoms with Crippen molar-refractivity contribution < 1.29 is 23.9 Å². The summed E-state index contributed by atoms with van der Waals surface area (Å²) in [6, 6.07) is 9.89. The molecule has 1 unspecified atom stereocenters. The lowest BCUT2D eigenvalue weighted by molar-refractivity contribution is -0.150. The van der Waals surface area contributed by atoms with Crippen molar-refractivity contribution in [3.8, 4) is 16.5 Å². The molecule has 1 aliphatic carbocycles. The minimum Gasteiger partial charge on any atom is -0.471 e. The molecule has 2 aliphatic heterocycles. The van der Waals surface area contributed by atoms with Gasteiger partial charge in [-0.25, -0.2) is 14.8 Å². The maximum Gasteiger partial charge on any atom is 0.332 e. The number of nitrogens with one attached hydrogen (secondary N) is 1. The fraction of sp³-hybridized carbons (Fsp3) is 0.469. The van der Waals surface area contributed by atoms with Gasteiger partial charge in [-0.3, -0.25) is 9.59 Å². The molecule has 2 aromatic heterocycles. The van der Waals surface area contributed by atoms with Gasteiger partial charge in [0.25, 0.3) is 0 Å². The molecule has 226 valence electrons. The second kappa shape index (κ2) is 12.4. The Morgan fingerprint density at radius 1 is 1.14 bits per heavy atom. The molecule has 3 N–H and O–H groups in total. The van der Waals surface area contributed by atoms with Crippen LogP contribution in [0.3, 0.4) is 0 Å². The van der Waals surface area contributed by atoms with E-state index in [9.17, 15) is 14.4 Å². The first-order chi connectivity index (χ1) is 20.9. The third kappa shape index (κ3) is 6.01. The monoisotopic (exact) mass is 603 g/mol. The second-order valence-corrected chi connectivity index (χ2v) is 12.4. The molecule has 2 amide bonds. The first-order valence-electron chi connectivity index (χ1n) is 15.1. The topological polar surface area (TPSA) is 137 Å². The maximum absolute atomic E-state index is 13.9. The minimum atomic E-state index is -1.13. The van der Waals surface area contributed by atoms with Crippen LogP contribution in [0.1, 0.15) is 51.9 Å². The number of allylic oxidation sites excluding steroid dienone is 1. The van der Waals surface area contributed by atoms with Gasteiger partial charge in [0.15, 0.2) is 0 Å². The number of nitrogens with zero attached hydrogens (tertiary/aromatic N) is 3. The van der Waals surface area contributed by atoms with E-state index in [4.69, 9.17) is 25.2 Å². The Kier molecular flexibility index (Phi) is 8.45. The van der Waals surface area contributed by atoms with Crippen LogP contribution in [0.4, 0.5) is 0 Å². The predicted octanol–water partition coefficient (Wildman–Crippen LogP) is 3.99. The molecular weight excluding hydrogens is 566 g/mol. The van der Waals surface area contributed by atoms with Crippen LogP contribution in [0, 0.1) is 5.92 Å². The van der Waals surface area contributed by atoms with Crippen molar-refractivity contribution in [2.45, 2.75) is 75.6 Å². The minimum absolute atomic E-state index is 0.151. The van der Waals surface area contributed by atoms with E-state index in [-0.39, 0.29) is 31.4 Å². The van der Waals surface area contributed by atoms with E-state index in [1.54, 1.807) is 6.92 Å². The van der Waals surface area contributed by atoms with Gasteiger partial charge in [-0.1, -0.05) is 43.2 Å². The number of esters is 1. The first kappa shape index (κ1) is 29.3. The molecule has 11 heteroatoms. The Morgan fingerprint density at radius 3 is 2.72 bits per heavy atom. The van der Waals surface area contributed by atoms with Crippen molar-refractivity contribution in [2.24, 2.45) is 11.7 Å². The molecule has 6 rings (SSSR count). The highest BCUT2D eigenvalue weighted by molar-refractivity contribution is 7.13. The number of hydrogen-bond donors (Lipinski definition) is 2. The Hall–Kier alpha value is -3.83. The van der Waals surface area contributed by atoms with Crippen molar-refractivity contribution >= 4 is 40.2 Å². The standard InChI is InChI=1S/C32H37N5O5S/c1-2-41-31(40)32-18-20(32)11-6-4-3-5-7-12-22(33)30(39)37-19-21(17-25(37)28(38)36-32)42-29-27(26-15-10-16-43-26)34-23-13-8-9-14-24(23)35-29/h6,8-11,13-16,20-22,25H,2-5,7,12,17-19,33H2,1H3,(H,36,38)/b11-6-/t20-,21?,22+,25+,32-/m1/s1. The number of carbonyl (C=O) groups excluding carboxylic acids is 3. The van der Waals surface area contributed by atoms with Gasteiger partial charge in [-0.15, -0.1) is 11.3 Å². The molecule has 43 heavy (non-hydrogen) atoms. The highest BCUT2D eigenvalue weighted by Gasteiger charge is 2.62. The molecule has 0 radical (unpaired) electrons. The van der Waals surface area contributed by atoms with E-state index < -0.39 is 35.6 Å². The normalized spacial score (nSPS) is 28.7. The highest BCUT2D eigenvalue weighted by atomic mass is 32.1. The zero-order valence-electron chi connectivity index (χ0n) is 24.2. The van der Waals surface area contributed by atoms with Crippen LogP contribution in [0.2, 0.25) is 0 Å². The molecule has 2 fully saturated rings. The van der Waals surface area contributed by atoms with Crippen LogP contribution < -0.4 is 15.8 Å². The van der Waals surface area contributed by atoms with Crippen LogP contribution in [-0.2, 0) is 19.1 Å². The van der Waals surface area contributed by atoms with Crippen LogP contribution in [0.15, 0.2) is 53.9 Å². The lowest BCUT2D eigenvalue weighted by atomic mass is 10.1. The summed E-state index contributed by atoms with van der Waals surface area (Å²) in [5.74, 6) is -0.953. The number of rotatable bonds is 5. The molecule has 0 bridgehead atoms. The van der Waals surface area contributed by atoms with Gasteiger partial charge in [0.2, 0.25) is 17.7 Å². The van der Waals surface area contributed by atoms with Gasteiger partial charge < -0.3 is 25.4 Å². The summed E-state index contributed by atoms with van der Waals surface area (Å²) in [6.45, 7) is 2.13. The molecule has 4 heterocycles. The third-order valence-corrected chi connectivity index (χ3v) is 9.37. The van der Waals surface area contributed by atoms with Gasteiger partial charge in [-0.2, -0.15) is 0 Å². The van der Waals surface area contributed by atoms with Crippen molar-refractivity contribution in [1.82, 2.24) is 20.2 Å². The van der Waals surface area contributed by atoms with E-state index in [0.717, 1.165) is 36.1 Å². The van der Waals surface area contributed by atoms with Crippen LogP contribution in [0.5, 0.6) is 5.88 Å². The number of thiophene rings is 1. The van der Waals surface area contributed by atoms with Gasteiger partial charge in [0.1, 0.15) is 23.4 Å². The van der Waals surface area contributed by atoms with Crippen molar-refractivity contribution in [3.63, 3.8) is 0 Å². The number of hydrogen-bond acceptors (Lipinski definition) is 9. The van der Waals surface area contributed by atoms with E-state index in [0.29, 0.717) is 29.9 Å². The third-order valence-electron chi connectivity index (χ3n) is 8.49. The van der Waals surface area contributed by atoms with Gasteiger partial charge >= 0.3 is 5.97 Å². The van der Waals surface area contributed by atoms with E-state index >= 15 is 0 Å². The zero-order chi connectivity index (χ0) is 30.0. The SMILES string of the molecule is CCOC(=O)[C@@]12C[C@H]1/C=C\CCCCC[C@H](N)C(=O)N1CC(Oc3nc4ccccc4nc3-c3cccs3)C[C@H]1C(=O)N2. The van der Waals surface area contributed by atoms with Crippen LogP contribution in [-0.4, -0.2) is 69.5 Å². The number of para-hydroxylation sites is 2. The Bertz CT molecular complexity index is 1530. The van der Waals surface area contributed by atoms with Crippen molar-refractivity contribution in [2.75, 3.05) is 13.2 Å². The molecule has 10 nitrogen and oxygen atoms in total. The number of nitrogens with two attached hydrogens (primary N) is 1. The molecule has 1 aromatic carbocycles. The second-order valence-electron chi connectivity index (χ2n) is 11.5. The first-order valence-corrected chi connectivity index (χ1v) is 16.0. The van der Waals surface area contributed by atoms with E-state index in [2.05, 4.69) is 11.4 Å². The largest absolute Gasteiger partial charge is 0.471 e. The molecule has 1 saturated carbocycles. The van der Waals surface area contributed by atoms with E-state index in [1.165, 1.54) is 16.2 Å².